The first kappa shape index (κ1) is 19.4. The first-order valence-corrected chi connectivity index (χ1v) is 11.2. The van der Waals surface area contributed by atoms with Gasteiger partial charge in [0, 0.05) is 17.4 Å². The fraction of sp³-hybridized carbons (Fsp3) is 0.375. The van der Waals surface area contributed by atoms with E-state index in [1.165, 1.54) is 22.5 Å². The number of rotatable bonds is 3. The van der Waals surface area contributed by atoms with Gasteiger partial charge in [-0.15, -0.1) is 11.3 Å². The molecule has 1 aromatic carbocycles. The number of aromatic nitrogens is 3. The lowest BCUT2D eigenvalue weighted by Gasteiger charge is -2.33. The van der Waals surface area contributed by atoms with Crippen molar-refractivity contribution in [1.29, 1.82) is 0 Å². The molecule has 0 saturated carbocycles. The number of hydrogen-bond donors (Lipinski definition) is 0. The van der Waals surface area contributed by atoms with Crippen LogP contribution in [0.15, 0.2) is 41.5 Å². The van der Waals surface area contributed by atoms with Crippen LogP contribution in [0.4, 0.5) is 0 Å². The highest BCUT2D eigenvalue weighted by Crippen LogP contribution is 2.41. The fourth-order valence-electron chi connectivity index (χ4n) is 4.29. The van der Waals surface area contributed by atoms with Crippen LogP contribution in [0.3, 0.4) is 0 Å². The molecule has 4 heterocycles. The Hall–Kier alpha value is -2.57. The highest BCUT2D eigenvalue weighted by Gasteiger charge is 2.32. The van der Waals surface area contributed by atoms with Gasteiger partial charge in [0.2, 0.25) is 0 Å². The molecule has 0 spiro atoms. The topological polar surface area (TPSA) is 57.0 Å². The third-order valence-corrected chi connectivity index (χ3v) is 6.86. The highest BCUT2D eigenvalue weighted by atomic mass is 32.1. The van der Waals surface area contributed by atoms with Gasteiger partial charge in [-0.2, -0.15) is 0 Å². The van der Waals surface area contributed by atoms with Gasteiger partial charge in [0.05, 0.1) is 36.3 Å². The number of nitrogens with zero attached hydrogens (tertiary/aromatic N) is 3. The zero-order valence-corrected chi connectivity index (χ0v) is 18.5. The summed E-state index contributed by atoms with van der Waals surface area (Å²) in [6, 6.07) is 10.00. The molecule has 0 amide bonds. The van der Waals surface area contributed by atoms with Gasteiger partial charge in [0.1, 0.15) is 9.53 Å². The van der Waals surface area contributed by atoms with Crippen LogP contribution in [-0.4, -0.2) is 20.1 Å². The number of ether oxygens (including phenoxy) is 1. The van der Waals surface area contributed by atoms with Crippen LogP contribution in [0.25, 0.3) is 20.4 Å². The lowest BCUT2D eigenvalue weighted by atomic mass is 9.87. The average molecular weight is 420 g/mol. The molecule has 0 aliphatic carbocycles. The van der Waals surface area contributed by atoms with Gasteiger partial charge in [-0.05, 0) is 30.9 Å². The summed E-state index contributed by atoms with van der Waals surface area (Å²) < 4.78 is 8.48. The molecule has 1 aliphatic rings. The molecule has 0 saturated heterocycles. The maximum atomic E-state index is 13.3. The fourth-order valence-corrected chi connectivity index (χ4v) is 5.41. The van der Waals surface area contributed by atoms with E-state index in [4.69, 9.17) is 14.7 Å². The zero-order valence-electron chi connectivity index (χ0n) is 17.7. The molecule has 4 aromatic rings. The van der Waals surface area contributed by atoms with Gasteiger partial charge < -0.3 is 4.74 Å². The molecule has 5 nitrogen and oxygen atoms in total. The molecule has 0 fully saturated rings. The normalized spacial score (nSPS) is 15.8. The number of hydrogen-bond acceptors (Lipinski definition) is 5. The Morgan fingerprint density at radius 1 is 1.20 bits per heavy atom. The third kappa shape index (κ3) is 3.15. The van der Waals surface area contributed by atoms with Gasteiger partial charge in [-0.25, -0.2) is 9.97 Å². The molecule has 1 aliphatic heterocycles. The van der Waals surface area contributed by atoms with Crippen molar-refractivity contribution in [3.63, 3.8) is 0 Å². The molecular formula is C24H25N3O2S. The van der Waals surface area contributed by atoms with Crippen LogP contribution in [0.1, 0.15) is 56.0 Å². The summed E-state index contributed by atoms with van der Waals surface area (Å²) in [5.41, 5.74) is 5.11. The van der Waals surface area contributed by atoms with E-state index in [1.54, 1.807) is 10.9 Å². The first-order chi connectivity index (χ1) is 14.3. The summed E-state index contributed by atoms with van der Waals surface area (Å²) in [5.74, 6) is 0.292. The van der Waals surface area contributed by atoms with Crippen molar-refractivity contribution >= 4 is 31.8 Å². The van der Waals surface area contributed by atoms with Crippen molar-refractivity contribution in [2.45, 2.75) is 58.8 Å². The van der Waals surface area contributed by atoms with E-state index in [0.29, 0.717) is 23.8 Å². The quantitative estimate of drug-likeness (QED) is 0.467. The van der Waals surface area contributed by atoms with E-state index >= 15 is 0 Å². The Labute approximate surface area is 179 Å². The van der Waals surface area contributed by atoms with Gasteiger partial charge in [-0.1, -0.05) is 44.2 Å². The molecule has 5 rings (SSSR count). The maximum Gasteiger partial charge on any atom is 0.271 e. The van der Waals surface area contributed by atoms with Gasteiger partial charge in [0.15, 0.2) is 0 Å². The smallest absolute Gasteiger partial charge is 0.271 e. The minimum absolute atomic E-state index is 0.00183. The van der Waals surface area contributed by atoms with E-state index in [-0.39, 0.29) is 11.2 Å². The van der Waals surface area contributed by atoms with Crippen LogP contribution in [0.2, 0.25) is 0 Å². The standard InChI is InChI=1S/C24H25N3O2S/c1-14(2)19-17-12-29-24(3,4)10-16(17)18-20-21(30-22(18)26-19)23(28)27(13-25-20)11-15-8-6-5-7-9-15/h5-9,13-14H,10-12H2,1-4H3. The number of thiophene rings is 1. The summed E-state index contributed by atoms with van der Waals surface area (Å²) in [5, 5.41) is 1.04. The summed E-state index contributed by atoms with van der Waals surface area (Å²) in [6.07, 6.45) is 2.47. The van der Waals surface area contributed by atoms with E-state index in [9.17, 15) is 4.79 Å². The minimum atomic E-state index is -0.244. The van der Waals surface area contributed by atoms with Crippen LogP contribution in [0, 0.1) is 0 Å². The van der Waals surface area contributed by atoms with Crippen LogP contribution >= 0.6 is 11.3 Å². The van der Waals surface area contributed by atoms with Crippen LogP contribution < -0.4 is 5.56 Å². The Kier molecular flexibility index (Phi) is 4.52. The van der Waals surface area contributed by atoms with E-state index < -0.39 is 0 Å². The molecule has 3 aromatic heterocycles. The van der Waals surface area contributed by atoms with Gasteiger partial charge >= 0.3 is 0 Å². The molecule has 0 N–H and O–H groups in total. The predicted molar refractivity (Wildman–Crippen MR) is 121 cm³/mol. The van der Waals surface area contributed by atoms with Crippen molar-refractivity contribution in [3.8, 4) is 0 Å². The SMILES string of the molecule is CC(C)c1nc2sc3c(=O)n(Cc4ccccc4)cnc3c2c2c1COC(C)(C)C2. The largest absolute Gasteiger partial charge is 0.370 e. The second-order valence-electron chi connectivity index (χ2n) is 8.96. The molecule has 0 radical (unpaired) electrons. The van der Waals surface area contributed by atoms with Crippen molar-refractivity contribution in [2.75, 3.05) is 0 Å². The maximum absolute atomic E-state index is 13.3. The second kappa shape index (κ2) is 7.00. The summed E-state index contributed by atoms with van der Waals surface area (Å²) in [4.78, 5) is 23.9. The Morgan fingerprint density at radius 2 is 1.97 bits per heavy atom. The van der Waals surface area contributed by atoms with Crippen LogP contribution in [0.5, 0.6) is 0 Å². The van der Waals surface area contributed by atoms with Crippen LogP contribution in [-0.2, 0) is 24.3 Å². The Balaban J connectivity index is 1.75. The molecule has 30 heavy (non-hydrogen) atoms. The number of fused-ring (bicyclic) bond motifs is 5. The molecular weight excluding hydrogens is 394 g/mol. The predicted octanol–water partition coefficient (Wildman–Crippen LogP) is 5.03. The number of benzene rings is 1. The summed E-state index contributed by atoms with van der Waals surface area (Å²) in [7, 11) is 0. The van der Waals surface area contributed by atoms with E-state index in [1.807, 2.05) is 30.3 Å². The molecule has 6 heteroatoms. The van der Waals surface area contributed by atoms with Crippen molar-refractivity contribution in [3.05, 3.63) is 69.4 Å². The van der Waals surface area contributed by atoms with Crippen molar-refractivity contribution < 1.29 is 4.74 Å². The summed E-state index contributed by atoms with van der Waals surface area (Å²) in [6.45, 7) is 9.62. The van der Waals surface area contributed by atoms with E-state index in [2.05, 4.69) is 27.7 Å². The monoisotopic (exact) mass is 419 g/mol. The first-order valence-electron chi connectivity index (χ1n) is 10.4. The average Bonchev–Trinajstić information content (AvgIpc) is 3.09. The molecule has 154 valence electrons. The molecule has 0 unspecified atom stereocenters. The number of pyridine rings is 1. The third-order valence-electron chi connectivity index (χ3n) is 5.80. The second-order valence-corrected chi connectivity index (χ2v) is 9.96. The van der Waals surface area contributed by atoms with Crippen molar-refractivity contribution in [1.82, 2.24) is 14.5 Å². The van der Waals surface area contributed by atoms with Gasteiger partial charge in [-0.3, -0.25) is 9.36 Å². The zero-order chi connectivity index (χ0) is 21.0. The van der Waals surface area contributed by atoms with Crippen molar-refractivity contribution in [2.24, 2.45) is 0 Å². The Morgan fingerprint density at radius 3 is 2.70 bits per heavy atom. The lowest BCUT2D eigenvalue weighted by molar-refractivity contribution is -0.0402. The Bertz CT molecular complexity index is 1320. The highest BCUT2D eigenvalue weighted by molar-refractivity contribution is 7.25. The van der Waals surface area contributed by atoms with E-state index in [0.717, 1.165) is 33.4 Å². The molecule has 0 bridgehead atoms. The van der Waals surface area contributed by atoms with Gasteiger partial charge in [0.25, 0.3) is 5.56 Å². The molecule has 0 atom stereocenters. The minimum Gasteiger partial charge on any atom is -0.370 e. The lowest BCUT2D eigenvalue weighted by Crippen LogP contribution is -2.33. The summed E-state index contributed by atoms with van der Waals surface area (Å²) >= 11 is 1.47.